The Morgan fingerprint density at radius 3 is 2.65 bits per heavy atom. The van der Waals surface area contributed by atoms with Crippen LogP contribution in [-0.4, -0.2) is 37.1 Å². The Balaban J connectivity index is 1.95. The molecular formula is C17H23Cl2N3O. The van der Waals surface area contributed by atoms with Crippen molar-refractivity contribution in [3.8, 4) is 11.5 Å². The molecule has 126 valence electrons. The minimum absolute atomic E-state index is 0.190. The third kappa shape index (κ3) is 5.50. The number of benzene rings is 1. The number of hydrogen-bond acceptors (Lipinski definition) is 4. The number of halogens is 2. The van der Waals surface area contributed by atoms with Gasteiger partial charge in [-0.25, -0.2) is 4.98 Å². The molecule has 1 N–H and O–H groups in total. The summed E-state index contributed by atoms with van der Waals surface area (Å²) in [5.41, 5.74) is 1.79. The predicted octanol–water partition coefficient (Wildman–Crippen LogP) is 4.33. The van der Waals surface area contributed by atoms with Crippen LogP contribution in [0.15, 0.2) is 28.9 Å². The minimum Gasteiger partial charge on any atom is -0.444 e. The summed E-state index contributed by atoms with van der Waals surface area (Å²) < 4.78 is 5.53. The fraction of sp³-hybridized carbons (Fsp3) is 0.471. The third-order valence-electron chi connectivity index (χ3n) is 3.37. The van der Waals surface area contributed by atoms with E-state index in [-0.39, 0.29) is 5.41 Å². The summed E-state index contributed by atoms with van der Waals surface area (Å²) in [6.45, 7) is 7.05. The molecule has 2 rings (SSSR count). The SMILES string of the molecule is CN(C)CC(C)(C)CNCc1coc(-c2ccc(Cl)cc2Cl)n1. The molecule has 0 radical (unpaired) electrons. The minimum atomic E-state index is 0.190. The Morgan fingerprint density at radius 2 is 2.00 bits per heavy atom. The van der Waals surface area contributed by atoms with E-state index < -0.39 is 0 Å². The summed E-state index contributed by atoms with van der Waals surface area (Å²) in [6.07, 6.45) is 1.66. The summed E-state index contributed by atoms with van der Waals surface area (Å²) >= 11 is 12.1. The zero-order valence-corrected chi connectivity index (χ0v) is 15.5. The van der Waals surface area contributed by atoms with Crippen LogP contribution in [0.4, 0.5) is 0 Å². The van der Waals surface area contributed by atoms with Crippen LogP contribution >= 0.6 is 23.2 Å². The Morgan fingerprint density at radius 1 is 1.26 bits per heavy atom. The molecule has 0 spiro atoms. The molecule has 0 unspecified atom stereocenters. The number of hydrogen-bond donors (Lipinski definition) is 1. The highest BCUT2D eigenvalue weighted by molar-refractivity contribution is 6.36. The van der Waals surface area contributed by atoms with Crippen molar-refractivity contribution in [2.45, 2.75) is 20.4 Å². The topological polar surface area (TPSA) is 41.3 Å². The number of nitrogens with zero attached hydrogens (tertiary/aromatic N) is 2. The van der Waals surface area contributed by atoms with Gasteiger partial charge in [0.1, 0.15) is 6.26 Å². The molecule has 0 bridgehead atoms. The van der Waals surface area contributed by atoms with Gasteiger partial charge >= 0.3 is 0 Å². The van der Waals surface area contributed by atoms with Gasteiger partial charge in [0.25, 0.3) is 0 Å². The lowest BCUT2D eigenvalue weighted by Crippen LogP contribution is -2.37. The predicted molar refractivity (Wildman–Crippen MR) is 96.0 cm³/mol. The molecule has 0 saturated heterocycles. The molecule has 1 aromatic heterocycles. The standard InChI is InChI=1S/C17H23Cl2N3O/c1-17(2,11-22(3)4)10-20-8-13-9-23-16(21-13)14-6-5-12(18)7-15(14)19/h5-7,9,20H,8,10-11H2,1-4H3. The number of oxazole rings is 1. The zero-order valence-electron chi connectivity index (χ0n) is 14.0. The van der Waals surface area contributed by atoms with E-state index in [9.17, 15) is 0 Å². The van der Waals surface area contributed by atoms with E-state index in [0.29, 0.717) is 22.5 Å². The van der Waals surface area contributed by atoms with Crippen molar-refractivity contribution in [2.75, 3.05) is 27.2 Å². The largest absolute Gasteiger partial charge is 0.444 e. The molecule has 1 heterocycles. The molecule has 1 aromatic carbocycles. The molecule has 6 heteroatoms. The smallest absolute Gasteiger partial charge is 0.227 e. The lowest BCUT2D eigenvalue weighted by Gasteiger charge is -2.28. The monoisotopic (exact) mass is 355 g/mol. The number of nitrogens with one attached hydrogen (secondary N) is 1. The van der Waals surface area contributed by atoms with Crippen molar-refractivity contribution >= 4 is 23.2 Å². The van der Waals surface area contributed by atoms with Crippen molar-refractivity contribution in [1.82, 2.24) is 15.2 Å². The van der Waals surface area contributed by atoms with Gasteiger partial charge in [-0.05, 0) is 37.7 Å². The van der Waals surface area contributed by atoms with Crippen molar-refractivity contribution < 1.29 is 4.42 Å². The van der Waals surface area contributed by atoms with Crippen LogP contribution in [0.5, 0.6) is 0 Å². The van der Waals surface area contributed by atoms with Gasteiger partial charge in [-0.1, -0.05) is 37.0 Å². The molecule has 0 aliphatic heterocycles. The summed E-state index contributed by atoms with van der Waals surface area (Å²) in [5, 5.41) is 4.56. The van der Waals surface area contributed by atoms with Crippen molar-refractivity contribution in [3.63, 3.8) is 0 Å². The van der Waals surface area contributed by atoms with E-state index in [0.717, 1.165) is 24.3 Å². The Bertz CT molecular complexity index is 653. The van der Waals surface area contributed by atoms with E-state index in [2.05, 4.69) is 43.1 Å². The van der Waals surface area contributed by atoms with Crippen LogP contribution < -0.4 is 5.32 Å². The van der Waals surface area contributed by atoms with E-state index in [1.807, 2.05) is 6.07 Å². The zero-order chi connectivity index (χ0) is 17.0. The third-order valence-corrected chi connectivity index (χ3v) is 3.92. The van der Waals surface area contributed by atoms with Gasteiger partial charge < -0.3 is 14.6 Å². The molecule has 4 nitrogen and oxygen atoms in total. The van der Waals surface area contributed by atoms with E-state index in [1.165, 1.54) is 0 Å². The van der Waals surface area contributed by atoms with Crippen LogP contribution in [0.1, 0.15) is 19.5 Å². The average Bonchev–Trinajstić information content (AvgIpc) is 2.85. The van der Waals surface area contributed by atoms with Crippen molar-refractivity contribution in [3.05, 3.63) is 40.2 Å². The van der Waals surface area contributed by atoms with Crippen LogP contribution in [-0.2, 0) is 6.54 Å². The first-order valence-corrected chi connectivity index (χ1v) is 8.28. The highest BCUT2D eigenvalue weighted by Gasteiger charge is 2.18. The number of rotatable bonds is 7. The first kappa shape index (κ1) is 18.3. The van der Waals surface area contributed by atoms with Crippen molar-refractivity contribution in [1.29, 1.82) is 0 Å². The van der Waals surface area contributed by atoms with Crippen LogP contribution in [0.3, 0.4) is 0 Å². The quantitative estimate of drug-likeness (QED) is 0.802. The van der Waals surface area contributed by atoms with Gasteiger partial charge in [-0.3, -0.25) is 0 Å². The maximum Gasteiger partial charge on any atom is 0.227 e. The second kappa shape index (κ2) is 7.67. The lowest BCUT2D eigenvalue weighted by atomic mass is 9.93. The molecule has 0 saturated carbocycles. The van der Waals surface area contributed by atoms with Crippen LogP contribution in [0.2, 0.25) is 10.0 Å². The van der Waals surface area contributed by atoms with Crippen LogP contribution in [0.25, 0.3) is 11.5 Å². The highest BCUT2D eigenvalue weighted by Crippen LogP contribution is 2.29. The molecule has 0 amide bonds. The average molecular weight is 356 g/mol. The Kier molecular flexibility index (Phi) is 6.09. The summed E-state index contributed by atoms with van der Waals surface area (Å²) in [5.74, 6) is 0.510. The summed E-state index contributed by atoms with van der Waals surface area (Å²) in [6, 6.07) is 5.27. The summed E-state index contributed by atoms with van der Waals surface area (Å²) in [4.78, 5) is 6.68. The van der Waals surface area contributed by atoms with Gasteiger partial charge in [-0.2, -0.15) is 0 Å². The van der Waals surface area contributed by atoms with Gasteiger partial charge in [0.15, 0.2) is 0 Å². The van der Waals surface area contributed by atoms with Crippen LogP contribution in [0, 0.1) is 5.41 Å². The molecular weight excluding hydrogens is 333 g/mol. The highest BCUT2D eigenvalue weighted by atomic mass is 35.5. The first-order chi connectivity index (χ1) is 10.8. The molecule has 23 heavy (non-hydrogen) atoms. The lowest BCUT2D eigenvalue weighted by molar-refractivity contribution is 0.232. The Hall–Kier alpha value is -1.07. The molecule has 2 aromatic rings. The van der Waals surface area contributed by atoms with Gasteiger partial charge in [0, 0.05) is 24.7 Å². The van der Waals surface area contributed by atoms with E-state index in [1.54, 1.807) is 18.4 Å². The fourth-order valence-electron chi connectivity index (χ4n) is 2.62. The number of aromatic nitrogens is 1. The molecule has 0 aliphatic carbocycles. The second-order valence-corrected chi connectivity index (χ2v) is 7.62. The van der Waals surface area contributed by atoms with E-state index >= 15 is 0 Å². The molecule has 0 atom stereocenters. The van der Waals surface area contributed by atoms with Crippen molar-refractivity contribution in [2.24, 2.45) is 5.41 Å². The maximum atomic E-state index is 6.18. The first-order valence-electron chi connectivity index (χ1n) is 7.52. The second-order valence-electron chi connectivity index (χ2n) is 6.77. The maximum absolute atomic E-state index is 6.18. The molecule has 0 aliphatic rings. The van der Waals surface area contributed by atoms with E-state index in [4.69, 9.17) is 27.6 Å². The summed E-state index contributed by atoms with van der Waals surface area (Å²) in [7, 11) is 4.17. The molecule has 0 fully saturated rings. The van der Waals surface area contributed by atoms with Gasteiger partial charge in [0.05, 0.1) is 16.3 Å². The normalized spacial score (nSPS) is 12.1. The Labute approximate surface area is 147 Å². The van der Waals surface area contributed by atoms with Gasteiger partial charge in [0.2, 0.25) is 5.89 Å². The van der Waals surface area contributed by atoms with Gasteiger partial charge in [-0.15, -0.1) is 0 Å². The fourth-order valence-corrected chi connectivity index (χ4v) is 3.11.